The molecule has 3 aromatic carbocycles. The van der Waals surface area contributed by atoms with Crippen molar-refractivity contribution in [2.75, 3.05) is 25.1 Å². The molecule has 1 amide bonds. The first kappa shape index (κ1) is 27.3. The largest absolute Gasteiger partial charge is 0.497 e. The first-order valence-corrected chi connectivity index (χ1v) is 13.9. The molecule has 4 rings (SSSR count). The number of carbonyl (C=O) groups is 1. The van der Waals surface area contributed by atoms with E-state index in [0.29, 0.717) is 17.2 Å². The van der Waals surface area contributed by atoms with Crippen LogP contribution in [0.4, 0.5) is 5.69 Å². The maximum absolute atomic E-state index is 13.7. The normalized spacial score (nSPS) is 15.9. The van der Waals surface area contributed by atoms with Gasteiger partial charge in [0, 0.05) is 0 Å². The minimum atomic E-state index is -3.97. The molecule has 0 radical (unpaired) electrons. The second-order valence-electron chi connectivity index (χ2n) is 9.62. The van der Waals surface area contributed by atoms with Gasteiger partial charge in [0.25, 0.3) is 15.9 Å². The maximum Gasteiger partial charge on any atom is 0.264 e. The molecular formula is C29H34N2O6S. The van der Waals surface area contributed by atoms with Crippen molar-refractivity contribution in [3.63, 3.8) is 0 Å². The molecule has 202 valence electrons. The number of sulfonamides is 1. The number of nitrogens with zero attached hydrogens (tertiary/aromatic N) is 1. The Morgan fingerprint density at radius 3 is 2.32 bits per heavy atom. The van der Waals surface area contributed by atoms with Crippen molar-refractivity contribution < 1.29 is 27.4 Å². The van der Waals surface area contributed by atoms with E-state index in [1.54, 1.807) is 43.5 Å². The van der Waals surface area contributed by atoms with Crippen LogP contribution in [0.2, 0.25) is 0 Å². The van der Waals surface area contributed by atoms with E-state index in [2.05, 4.69) is 25.2 Å². The van der Waals surface area contributed by atoms with E-state index >= 15 is 0 Å². The molecule has 0 aliphatic carbocycles. The molecule has 1 N–H and O–H groups in total. The summed E-state index contributed by atoms with van der Waals surface area (Å²) >= 11 is 0. The smallest absolute Gasteiger partial charge is 0.264 e. The van der Waals surface area contributed by atoms with E-state index in [4.69, 9.17) is 14.2 Å². The number of carbonyl (C=O) groups excluding carboxylic acids is 1. The molecule has 0 saturated carbocycles. The number of amides is 1. The third-order valence-corrected chi connectivity index (χ3v) is 8.53. The molecule has 1 aliphatic heterocycles. The Hall–Kier alpha value is -3.72. The minimum Gasteiger partial charge on any atom is -0.497 e. The van der Waals surface area contributed by atoms with Crippen LogP contribution in [0.1, 0.15) is 49.4 Å². The number of anilines is 1. The molecule has 1 aliphatic rings. The molecule has 0 unspecified atom stereocenters. The lowest BCUT2D eigenvalue weighted by Crippen LogP contribution is -2.51. The monoisotopic (exact) mass is 538 g/mol. The van der Waals surface area contributed by atoms with Crippen LogP contribution in [0.5, 0.6) is 17.2 Å². The number of rotatable bonds is 8. The number of hydrogen-bond donors (Lipinski definition) is 1. The van der Waals surface area contributed by atoms with Gasteiger partial charge in [-0.1, -0.05) is 26.0 Å². The Balaban J connectivity index is 1.61. The number of para-hydroxylation sites is 2. The Kier molecular flexibility index (Phi) is 7.87. The molecule has 9 heteroatoms. The van der Waals surface area contributed by atoms with E-state index in [9.17, 15) is 13.2 Å². The zero-order valence-corrected chi connectivity index (χ0v) is 23.3. The molecule has 0 fully saturated rings. The first-order valence-electron chi connectivity index (χ1n) is 12.5. The highest BCUT2D eigenvalue weighted by Crippen LogP contribution is 2.37. The fourth-order valence-corrected chi connectivity index (χ4v) is 6.11. The van der Waals surface area contributed by atoms with Crippen LogP contribution in [-0.4, -0.2) is 41.2 Å². The van der Waals surface area contributed by atoms with Crippen LogP contribution >= 0.6 is 0 Å². The standard InChI is InChI=1S/C29H34N2O6S/c1-18(2)23-16-24(19(3)15-27(23)36-6)20(4)30-29(32)28-17-31(25-9-7-8-10-26(25)37-28)38(33,34)22-13-11-21(35-5)12-14-22/h7-16,18,20,28H,17H2,1-6H3,(H,30,32)/t20-,28+/m0/s1. The fourth-order valence-electron chi connectivity index (χ4n) is 4.64. The zero-order chi connectivity index (χ0) is 27.6. The van der Waals surface area contributed by atoms with E-state index in [-0.39, 0.29) is 23.4 Å². The van der Waals surface area contributed by atoms with Crippen LogP contribution in [-0.2, 0) is 14.8 Å². The van der Waals surface area contributed by atoms with Crippen molar-refractivity contribution in [2.24, 2.45) is 0 Å². The quantitative estimate of drug-likeness (QED) is 0.435. The molecule has 0 spiro atoms. The third kappa shape index (κ3) is 5.29. The molecule has 0 aromatic heterocycles. The number of nitrogens with one attached hydrogen (secondary N) is 1. The summed E-state index contributed by atoms with van der Waals surface area (Å²) < 4.78 is 45.2. The molecule has 38 heavy (non-hydrogen) atoms. The van der Waals surface area contributed by atoms with E-state index in [1.165, 1.54) is 23.5 Å². The molecule has 8 nitrogen and oxygen atoms in total. The minimum absolute atomic E-state index is 0.0950. The summed E-state index contributed by atoms with van der Waals surface area (Å²) in [5.74, 6) is 1.52. The van der Waals surface area contributed by atoms with Gasteiger partial charge in [-0.2, -0.15) is 0 Å². The zero-order valence-electron chi connectivity index (χ0n) is 22.5. The van der Waals surface area contributed by atoms with E-state index < -0.39 is 22.0 Å². The van der Waals surface area contributed by atoms with Crippen LogP contribution < -0.4 is 23.8 Å². The van der Waals surface area contributed by atoms with Gasteiger partial charge in [-0.15, -0.1) is 0 Å². The predicted molar refractivity (Wildman–Crippen MR) is 147 cm³/mol. The molecule has 3 aromatic rings. The van der Waals surface area contributed by atoms with Crippen molar-refractivity contribution in [2.45, 2.75) is 50.7 Å². The highest BCUT2D eigenvalue weighted by atomic mass is 32.2. The summed E-state index contributed by atoms with van der Waals surface area (Å²) in [6, 6.07) is 16.7. The molecule has 0 bridgehead atoms. The summed E-state index contributed by atoms with van der Waals surface area (Å²) in [5.41, 5.74) is 3.38. The van der Waals surface area contributed by atoms with Crippen LogP contribution in [0, 0.1) is 6.92 Å². The van der Waals surface area contributed by atoms with Crippen LogP contribution in [0.25, 0.3) is 0 Å². The number of aryl methyl sites for hydroxylation is 1. The van der Waals surface area contributed by atoms with E-state index in [1.807, 2.05) is 19.9 Å². The van der Waals surface area contributed by atoms with E-state index in [0.717, 1.165) is 22.4 Å². The van der Waals surface area contributed by atoms with Crippen molar-refractivity contribution in [3.8, 4) is 17.2 Å². The van der Waals surface area contributed by atoms with Crippen molar-refractivity contribution in [1.82, 2.24) is 5.32 Å². The second-order valence-corrected chi connectivity index (χ2v) is 11.5. The Morgan fingerprint density at radius 2 is 1.68 bits per heavy atom. The first-order chi connectivity index (χ1) is 18.1. The third-order valence-electron chi connectivity index (χ3n) is 6.74. The Labute approximate surface area is 224 Å². The highest BCUT2D eigenvalue weighted by Gasteiger charge is 2.38. The van der Waals surface area contributed by atoms with Gasteiger partial charge >= 0.3 is 0 Å². The number of methoxy groups -OCH3 is 2. The topological polar surface area (TPSA) is 94.2 Å². The molecular weight excluding hydrogens is 504 g/mol. The van der Waals surface area contributed by atoms with Gasteiger partial charge in [-0.3, -0.25) is 9.10 Å². The summed E-state index contributed by atoms with van der Waals surface area (Å²) in [6.45, 7) is 7.89. The van der Waals surface area contributed by atoms with Gasteiger partial charge in [0.15, 0.2) is 6.10 Å². The SMILES string of the molecule is COc1ccc(S(=O)(=O)N2C[C@H](C(=O)N[C@@H](C)c3cc(C(C)C)c(OC)cc3C)Oc3ccccc32)cc1. The van der Waals surface area contributed by atoms with Crippen LogP contribution in [0.3, 0.4) is 0 Å². The lowest BCUT2D eigenvalue weighted by Gasteiger charge is -2.35. The summed E-state index contributed by atoms with van der Waals surface area (Å²) in [6.07, 6.45) is -1.04. The summed E-state index contributed by atoms with van der Waals surface area (Å²) in [5, 5.41) is 3.03. The number of hydrogen-bond acceptors (Lipinski definition) is 6. The van der Waals surface area contributed by atoms with Gasteiger partial charge in [0.05, 0.1) is 37.4 Å². The van der Waals surface area contributed by atoms with Gasteiger partial charge in [0.1, 0.15) is 17.2 Å². The number of benzene rings is 3. The predicted octanol–water partition coefficient (Wildman–Crippen LogP) is 4.97. The van der Waals surface area contributed by atoms with Gasteiger partial charge in [-0.05, 0) is 85.0 Å². The van der Waals surface area contributed by atoms with Gasteiger partial charge < -0.3 is 19.5 Å². The number of ether oxygens (including phenoxy) is 3. The van der Waals surface area contributed by atoms with Crippen molar-refractivity contribution in [3.05, 3.63) is 77.4 Å². The second kappa shape index (κ2) is 10.9. The maximum atomic E-state index is 13.7. The lowest BCUT2D eigenvalue weighted by atomic mass is 9.93. The Morgan fingerprint density at radius 1 is 1.00 bits per heavy atom. The summed E-state index contributed by atoms with van der Waals surface area (Å²) in [4.78, 5) is 13.5. The number of fused-ring (bicyclic) bond motifs is 1. The lowest BCUT2D eigenvalue weighted by molar-refractivity contribution is -0.128. The highest BCUT2D eigenvalue weighted by molar-refractivity contribution is 7.92. The molecule has 2 atom stereocenters. The van der Waals surface area contributed by atoms with Crippen molar-refractivity contribution in [1.29, 1.82) is 0 Å². The van der Waals surface area contributed by atoms with Gasteiger partial charge in [0.2, 0.25) is 0 Å². The van der Waals surface area contributed by atoms with Crippen molar-refractivity contribution >= 4 is 21.6 Å². The molecule has 1 heterocycles. The average molecular weight is 539 g/mol. The Bertz CT molecular complexity index is 1420. The fraction of sp³-hybridized carbons (Fsp3) is 0.345. The molecule has 0 saturated heterocycles. The summed E-state index contributed by atoms with van der Waals surface area (Å²) in [7, 11) is -0.808. The average Bonchev–Trinajstić information content (AvgIpc) is 2.91. The van der Waals surface area contributed by atoms with Gasteiger partial charge in [-0.25, -0.2) is 8.42 Å². The van der Waals surface area contributed by atoms with Crippen LogP contribution in [0.15, 0.2) is 65.6 Å².